The van der Waals surface area contributed by atoms with Crippen molar-refractivity contribution in [3.8, 4) is 0 Å². The van der Waals surface area contributed by atoms with Crippen molar-refractivity contribution in [1.29, 1.82) is 0 Å². The molecule has 0 unspecified atom stereocenters. The van der Waals surface area contributed by atoms with Crippen molar-refractivity contribution in [3.05, 3.63) is 28.2 Å². The van der Waals surface area contributed by atoms with Crippen molar-refractivity contribution < 1.29 is 0 Å². The number of hydrogen-bond acceptors (Lipinski definition) is 5. The van der Waals surface area contributed by atoms with Gasteiger partial charge in [0, 0.05) is 17.8 Å². The Morgan fingerprint density at radius 2 is 2.40 bits per heavy atom. The van der Waals surface area contributed by atoms with Crippen molar-refractivity contribution in [2.24, 2.45) is 5.73 Å². The van der Waals surface area contributed by atoms with E-state index in [1.165, 1.54) is 4.88 Å². The van der Waals surface area contributed by atoms with E-state index in [0.29, 0.717) is 6.54 Å². The molecule has 0 aliphatic rings. The first kappa shape index (κ1) is 10.3. The summed E-state index contributed by atoms with van der Waals surface area (Å²) in [7, 11) is 0. The molecule has 0 aromatic carbocycles. The molecule has 0 radical (unpaired) electrons. The molecule has 2 N–H and O–H groups in total. The quantitative estimate of drug-likeness (QED) is 0.809. The molecular weight excluding hydrogens is 210 g/mol. The molecule has 0 atom stereocenters. The van der Waals surface area contributed by atoms with Gasteiger partial charge in [0.25, 0.3) is 0 Å². The first-order chi connectivity index (χ1) is 7.40. The normalized spacial score (nSPS) is 10.7. The highest BCUT2D eigenvalue weighted by molar-refractivity contribution is 7.09. The minimum Gasteiger partial charge on any atom is -0.330 e. The largest absolute Gasteiger partial charge is 0.330 e. The highest BCUT2D eigenvalue weighted by Gasteiger charge is 2.06. The molecule has 0 spiro atoms. The summed E-state index contributed by atoms with van der Waals surface area (Å²) < 4.78 is 1.83. The van der Waals surface area contributed by atoms with Crippen LogP contribution in [0.3, 0.4) is 0 Å². The summed E-state index contributed by atoms with van der Waals surface area (Å²) in [6.45, 7) is 1.46. The Morgan fingerprint density at radius 1 is 1.47 bits per heavy atom. The lowest BCUT2D eigenvalue weighted by Crippen LogP contribution is -2.10. The fourth-order valence-corrected chi connectivity index (χ4v) is 2.04. The predicted molar refractivity (Wildman–Crippen MR) is 58.6 cm³/mol. The van der Waals surface area contributed by atoms with Gasteiger partial charge in [0.15, 0.2) is 5.82 Å². The van der Waals surface area contributed by atoms with Crippen LogP contribution in [0.1, 0.15) is 17.1 Å². The molecule has 2 heterocycles. The van der Waals surface area contributed by atoms with Crippen LogP contribution in [-0.4, -0.2) is 26.8 Å². The van der Waals surface area contributed by atoms with Crippen molar-refractivity contribution >= 4 is 11.3 Å². The zero-order valence-corrected chi connectivity index (χ0v) is 9.15. The fraction of sp³-hybridized carbons (Fsp3) is 0.444. The van der Waals surface area contributed by atoms with Gasteiger partial charge in [0.2, 0.25) is 0 Å². The lowest BCUT2D eigenvalue weighted by atomic mass is 10.3. The first-order valence-electron chi connectivity index (χ1n) is 4.87. The van der Waals surface area contributed by atoms with Crippen LogP contribution in [0, 0.1) is 0 Å². The maximum atomic E-state index is 5.45. The molecule has 2 aromatic heterocycles. The van der Waals surface area contributed by atoms with Crippen molar-refractivity contribution in [2.45, 2.75) is 19.4 Å². The Bertz CT molecular complexity index is 394. The van der Waals surface area contributed by atoms with E-state index >= 15 is 0 Å². The van der Waals surface area contributed by atoms with Gasteiger partial charge in [-0.3, -0.25) is 0 Å². The molecule has 0 bridgehead atoms. The Morgan fingerprint density at radius 3 is 3.13 bits per heavy atom. The molecule has 0 amide bonds. The molecule has 0 saturated carbocycles. The molecule has 0 saturated heterocycles. The number of tetrazole rings is 1. The third kappa shape index (κ3) is 2.60. The minimum atomic E-state index is 0.665. The summed E-state index contributed by atoms with van der Waals surface area (Å²) in [5.41, 5.74) is 5.45. The van der Waals surface area contributed by atoms with Gasteiger partial charge in [-0.25, -0.2) is 4.68 Å². The van der Waals surface area contributed by atoms with Gasteiger partial charge >= 0.3 is 0 Å². The van der Waals surface area contributed by atoms with E-state index in [1.54, 1.807) is 11.3 Å². The van der Waals surface area contributed by atoms with Crippen LogP contribution >= 0.6 is 11.3 Å². The summed E-state index contributed by atoms with van der Waals surface area (Å²) in [6.07, 6.45) is 1.71. The standard InChI is InChI=1S/C9H13N5S/c10-4-2-5-14-9(11-12-13-14)7-8-3-1-6-15-8/h1,3,6H,2,4-5,7,10H2. The van der Waals surface area contributed by atoms with E-state index < -0.39 is 0 Å². The predicted octanol–water partition coefficient (Wildman–Crippen LogP) is 0.674. The topological polar surface area (TPSA) is 69.6 Å². The molecule has 0 aliphatic heterocycles. The fourth-order valence-electron chi connectivity index (χ4n) is 1.33. The lowest BCUT2D eigenvalue weighted by molar-refractivity contribution is 0.547. The van der Waals surface area contributed by atoms with Crippen molar-refractivity contribution in [1.82, 2.24) is 20.2 Å². The van der Waals surface area contributed by atoms with Crippen LogP contribution in [0.25, 0.3) is 0 Å². The zero-order chi connectivity index (χ0) is 10.5. The van der Waals surface area contributed by atoms with Gasteiger partial charge in [0.05, 0.1) is 0 Å². The summed E-state index contributed by atoms with van der Waals surface area (Å²) in [5, 5.41) is 13.7. The SMILES string of the molecule is NCCCn1nnnc1Cc1cccs1. The highest BCUT2D eigenvalue weighted by atomic mass is 32.1. The molecule has 15 heavy (non-hydrogen) atoms. The van der Waals surface area contributed by atoms with E-state index in [0.717, 1.165) is 25.2 Å². The summed E-state index contributed by atoms with van der Waals surface area (Å²) in [6, 6.07) is 4.13. The van der Waals surface area contributed by atoms with Crippen LogP contribution in [0.4, 0.5) is 0 Å². The maximum absolute atomic E-state index is 5.45. The first-order valence-corrected chi connectivity index (χ1v) is 5.75. The van der Waals surface area contributed by atoms with Crippen LogP contribution in [0.15, 0.2) is 17.5 Å². The highest BCUT2D eigenvalue weighted by Crippen LogP contribution is 2.12. The Balaban J connectivity index is 2.04. The van der Waals surface area contributed by atoms with Crippen LogP contribution < -0.4 is 5.73 Å². The average molecular weight is 223 g/mol. The summed E-state index contributed by atoms with van der Waals surface area (Å²) in [4.78, 5) is 1.28. The van der Waals surface area contributed by atoms with Gasteiger partial charge in [-0.05, 0) is 34.8 Å². The number of nitrogens with two attached hydrogens (primary N) is 1. The van der Waals surface area contributed by atoms with E-state index in [1.807, 2.05) is 10.7 Å². The van der Waals surface area contributed by atoms with E-state index in [2.05, 4.69) is 27.0 Å². The molecule has 0 aliphatic carbocycles. The second-order valence-electron chi connectivity index (χ2n) is 3.22. The number of aromatic nitrogens is 4. The molecule has 2 aromatic rings. The van der Waals surface area contributed by atoms with Gasteiger partial charge in [0.1, 0.15) is 0 Å². The van der Waals surface area contributed by atoms with E-state index in [-0.39, 0.29) is 0 Å². The molecule has 80 valence electrons. The number of thiophene rings is 1. The second-order valence-corrected chi connectivity index (χ2v) is 4.25. The maximum Gasteiger partial charge on any atom is 0.156 e. The summed E-state index contributed by atoms with van der Waals surface area (Å²) in [5.74, 6) is 0.908. The van der Waals surface area contributed by atoms with Crippen molar-refractivity contribution in [2.75, 3.05) is 6.54 Å². The third-order valence-corrected chi connectivity index (χ3v) is 2.97. The third-order valence-electron chi connectivity index (χ3n) is 2.09. The molecule has 2 rings (SSSR count). The second kappa shape index (κ2) is 4.99. The Labute approximate surface area is 91.9 Å². The molecule has 5 nitrogen and oxygen atoms in total. The zero-order valence-electron chi connectivity index (χ0n) is 8.33. The number of aryl methyl sites for hydroxylation is 1. The molecule has 6 heteroatoms. The van der Waals surface area contributed by atoms with Gasteiger partial charge in [-0.2, -0.15) is 0 Å². The minimum absolute atomic E-state index is 0.665. The van der Waals surface area contributed by atoms with Crippen molar-refractivity contribution in [3.63, 3.8) is 0 Å². The lowest BCUT2D eigenvalue weighted by Gasteiger charge is -2.01. The van der Waals surface area contributed by atoms with Crippen LogP contribution in [0.2, 0.25) is 0 Å². The number of nitrogens with zero attached hydrogens (tertiary/aromatic N) is 4. The van der Waals surface area contributed by atoms with E-state index in [9.17, 15) is 0 Å². The monoisotopic (exact) mass is 223 g/mol. The van der Waals surface area contributed by atoms with Gasteiger partial charge in [-0.1, -0.05) is 6.07 Å². The smallest absolute Gasteiger partial charge is 0.156 e. The average Bonchev–Trinajstić information content (AvgIpc) is 2.87. The van der Waals surface area contributed by atoms with Gasteiger partial charge < -0.3 is 5.73 Å². The molecular formula is C9H13N5S. The van der Waals surface area contributed by atoms with Gasteiger partial charge in [-0.15, -0.1) is 16.4 Å². The van der Waals surface area contributed by atoms with E-state index in [4.69, 9.17) is 5.73 Å². The molecule has 0 fully saturated rings. The van der Waals surface area contributed by atoms with Crippen LogP contribution in [-0.2, 0) is 13.0 Å². The number of rotatable bonds is 5. The van der Waals surface area contributed by atoms with Crippen LogP contribution in [0.5, 0.6) is 0 Å². The Kier molecular flexibility index (Phi) is 3.41. The Hall–Kier alpha value is -1.27. The number of hydrogen-bond donors (Lipinski definition) is 1. The summed E-state index contributed by atoms with van der Waals surface area (Å²) >= 11 is 1.72.